The van der Waals surface area contributed by atoms with Crippen molar-refractivity contribution in [3.05, 3.63) is 52.1 Å². The molecule has 0 bridgehead atoms. The molecule has 0 saturated carbocycles. The van der Waals surface area contributed by atoms with Gasteiger partial charge in [0.25, 0.3) is 0 Å². The van der Waals surface area contributed by atoms with Crippen molar-refractivity contribution >= 4 is 27.4 Å². The fourth-order valence-electron chi connectivity index (χ4n) is 1.47. The first-order valence-electron chi connectivity index (χ1n) is 5.09. The van der Waals surface area contributed by atoms with Crippen molar-refractivity contribution < 1.29 is 0 Å². The topological polar surface area (TPSA) is 48.7 Å². The first kappa shape index (κ1) is 11.6. The Kier molecular flexibility index (Phi) is 3.40. The molecule has 1 aromatic heterocycles. The van der Waals surface area contributed by atoms with Crippen LogP contribution in [0.15, 0.2) is 40.9 Å². The molecular formula is C13H10BrN3. The van der Waals surface area contributed by atoms with Crippen molar-refractivity contribution in [3.63, 3.8) is 0 Å². The Morgan fingerprint density at radius 3 is 2.82 bits per heavy atom. The van der Waals surface area contributed by atoms with E-state index in [1.807, 2.05) is 43.3 Å². The molecule has 0 fully saturated rings. The van der Waals surface area contributed by atoms with E-state index >= 15 is 0 Å². The fourth-order valence-corrected chi connectivity index (χ4v) is 1.95. The molecule has 0 amide bonds. The molecule has 0 aliphatic heterocycles. The standard InChI is InChI=1S/C13H10BrN3/c1-9-7-10(14)5-6-12(9)17-13-4-2-3-11(8-15)16-13/h2-7H,1H3,(H,16,17). The number of nitriles is 1. The van der Waals surface area contributed by atoms with E-state index in [2.05, 4.69) is 26.2 Å². The number of pyridine rings is 1. The molecule has 0 aliphatic carbocycles. The van der Waals surface area contributed by atoms with Crippen LogP contribution in [0, 0.1) is 18.3 Å². The third kappa shape index (κ3) is 2.83. The minimum Gasteiger partial charge on any atom is -0.340 e. The zero-order chi connectivity index (χ0) is 12.3. The highest BCUT2D eigenvalue weighted by molar-refractivity contribution is 9.10. The molecule has 2 rings (SSSR count). The van der Waals surface area contributed by atoms with Crippen LogP contribution in [0.3, 0.4) is 0 Å². The number of hydrogen-bond acceptors (Lipinski definition) is 3. The monoisotopic (exact) mass is 287 g/mol. The van der Waals surface area contributed by atoms with E-state index in [0.717, 1.165) is 15.7 Å². The van der Waals surface area contributed by atoms with Gasteiger partial charge in [-0.3, -0.25) is 0 Å². The summed E-state index contributed by atoms with van der Waals surface area (Å²) in [5, 5.41) is 12.0. The maximum absolute atomic E-state index is 8.77. The summed E-state index contributed by atoms with van der Waals surface area (Å²) in [5.74, 6) is 0.675. The van der Waals surface area contributed by atoms with Gasteiger partial charge in [-0.15, -0.1) is 0 Å². The van der Waals surface area contributed by atoms with Gasteiger partial charge in [0, 0.05) is 10.2 Å². The Morgan fingerprint density at radius 2 is 2.12 bits per heavy atom. The molecule has 0 radical (unpaired) electrons. The SMILES string of the molecule is Cc1cc(Br)ccc1Nc1cccc(C#N)n1. The van der Waals surface area contributed by atoms with Crippen LogP contribution in [-0.2, 0) is 0 Å². The Bertz CT molecular complexity index is 587. The van der Waals surface area contributed by atoms with Crippen molar-refractivity contribution in [1.29, 1.82) is 5.26 Å². The quantitative estimate of drug-likeness (QED) is 0.915. The van der Waals surface area contributed by atoms with Gasteiger partial charge in [-0.05, 0) is 42.8 Å². The minimum absolute atomic E-state index is 0.407. The molecule has 84 valence electrons. The number of benzene rings is 1. The highest BCUT2D eigenvalue weighted by atomic mass is 79.9. The van der Waals surface area contributed by atoms with Gasteiger partial charge in [0.1, 0.15) is 17.6 Å². The first-order chi connectivity index (χ1) is 8.19. The molecule has 4 heteroatoms. The number of halogens is 1. The van der Waals surface area contributed by atoms with Crippen molar-refractivity contribution in [2.45, 2.75) is 6.92 Å². The lowest BCUT2D eigenvalue weighted by Crippen LogP contribution is -1.96. The molecule has 1 N–H and O–H groups in total. The Morgan fingerprint density at radius 1 is 1.29 bits per heavy atom. The molecule has 0 aliphatic rings. The number of nitrogens with one attached hydrogen (secondary N) is 1. The number of hydrogen-bond donors (Lipinski definition) is 1. The van der Waals surface area contributed by atoms with Crippen LogP contribution in [0.1, 0.15) is 11.3 Å². The molecule has 2 aromatic rings. The highest BCUT2D eigenvalue weighted by Crippen LogP contribution is 2.22. The zero-order valence-corrected chi connectivity index (χ0v) is 10.8. The van der Waals surface area contributed by atoms with Crippen LogP contribution in [0.2, 0.25) is 0 Å². The fraction of sp³-hybridized carbons (Fsp3) is 0.0769. The lowest BCUT2D eigenvalue weighted by molar-refractivity contribution is 1.25. The van der Waals surface area contributed by atoms with Crippen LogP contribution >= 0.6 is 15.9 Å². The predicted octanol–water partition coefficient (Wildman–Crippen LogP) is 3.77. The van der Waals surface area contributed by atoms with E-state index in [1.54, 1.807) is 6.07 Å². The van der Waals surface area contributed by atoms with Crippen LogP contribution < -0.4 is 5.32 Å². The molecule has 1 aromatic carbocycles. The maximum atomic E-state index is 8.77. The van der Waals surface area contributed by atoms with Crippen LogP contribution in [0.4, 0.5) is 11.5 Å². The summed E-state index contributed by atoms with van der Waals surface area (Å²) in [6.45, 7) is 2.02. The Labute approximate surface area is 108 Å². The largest absolute Gasteiger partial charge is 0.340 e. The zero-order valence-electron chi connectivity index (χ0n) is 9.24. The minimum atomic E-state index is 0.407. The van der Waals surface area contributed by atoms with Crippen molar-refractivity contribution in [2.75, 3.05) is 5.32 Å². The smallest absolute Gasteiger partial charge is 0.142 e. The average Bonchev–Trinajstić information content (AvgIpc) is 2.33. The van der Waals surface area contributed by atoms with Gasteiger partial charge in [0.15, 0.2) is 0 Å². The van der Waals surface area contributed by atoms with Gasteiger partial charge in [-0.1, -0.05) is 22.0 Å². The van der Waals surface area contributed by atoms with Gasteiger partial charge in [0.2, 0.25) is 0 Å². The van der Waals surface area contributed by atoms with E-state index in [1.165, 1.54) is 0 Å². The van der Waals surface area contributed by atoms with E-state index < -0.39 is 0 Å². The van der Waals surface area contributed by atoms with Gasteiger partial charge in [-0.25, -0.2) is 4.98 Å². The van der Waals surface area contributed by atoms with Crippen molar-refractivity contribution in [3.8, 4) is 6.07 Å². The molecule has 0 unspecified atom stereocenters. The van der Waals surface area contributed by atoms with E-state index in [9.17, 15) is 0 Å². The van der Waals surface area contributed by atoms with Crippen molar-refractivity contribution in [2.24, 2.45) is 0 Å². The number of aryl methyl sites for hydroxylation is 1. The summed E-state index contributed by atoms with van der Waals surface area (Å²) < 4.78 is 1.04. The lowest BCUT2D eigenvalue weighted by Gasteiger charge is -2.09. The summed E-state index contributed by atoms with van der Waals surface area (Å²) in [6.07, 6.45) is 0. The third-order valence-corrected chi connectivity index (χ3v) is 2.81. The molecule has 0 saturated heterocycles. The second kappa shape index (κ2) is 4.98. The predicted molar refractivity (Wildman–Crippen MR) is 71.1 cm³/mol. The lowest BCUT2D eigenvalue weighted by atomic mass is 10.2. The maximum Gasteiger partial charge on any atom is 0.142 e. The first-order valence-corrected chi connectivity index (χ1v) is 5.88. The summed E-state index contributed by atoms with van der Waals surface area (Å²) >= 11 is 3.42. The Balaban J connectivity index is 2.28. The number of rotatable bonds is 2. The molecule has 1 heterocycles. The van der Waals surface area contributed by atoms with Crippen LogP contribution in [0.5, 0.6) is 0 Å². The van der Waals surface area contributed by atoms with E-state index in [4.69, 9.17) is 5.26 Å². The molecule has 17 heavy (non-hydrogen) atoms. The summed E-state index contributed by atoms with van der Waals surface area (Å²) in [5.41, 5.74) is 2.50. The molecule has 3 nitrogen and oxygen atoms in total. The number of anilines is 2. The number of nitrogens with zero attached hydrogens (tertiary/aromatic N) is 2. The Hall–Kier alpha value is -1.86. The average molecular weight is 288 g/mol. The molecule has 0 spiro atoms. The van der Waals surface area contributed by atoms with Crippen molar-refractivity contribution in [1.82, 2.24) is 4.98 Å². The second-order valence-electron chi connectivity index (χ2n) is 3.60. The highest BCUT2D eigenvalue weighted by Gasteiger charge is 2.01. The van der Waals surface area contributed by atoms with Crippen LogP contribution in [0.25, 0.3) is 0 Å². The van der Waals surface area contributed by atoms with Gasteiger partial charge < -0.3 is 5.32 Å². The van der Waals surface area contributed by atoms with Crippen LogP contribution in [-0.4, -0.2) is 4.98 Å². The molecular weight excluding hydrogens is 278 g/mol. The van der Waals surface area contributed by atoms with E-state index in [-0.39, 0.29) is 0 Å². The van der Waals surface area contributed by atoms with Gasteiger partial charge in [0.05, 0.1) is 0 Å². The second-order valence-corrected chi connectivity index (χ2v) is 4.52. The summed E-state index contributed by atoms with van der Waals surface area (Å²) in [7, 11) is 0. The normalized spacial score (nSPS) is 9.71. The van der Waals surface area contributed by atoms with Gasteiger partial charge in [-0.2, -0.15) is 5.26 Å². The van der Waals surface area contributed by atoms with E-state index in [0.29, 0.717) is 11.5 Å². The van der Waals surface area contributed by atoms with Gasteiger partial charge >= 0.3 is 0 Å². The number of aromatic nitrogens is 1. The molecule has 0 atom stereocenters. The summed E-state index contributed by atoms with van der Waals surface area (Å²) in [6, 6.07) is 13.3. The summed E-state index contributed by atoms with van der Waals surface area (Å²) in [4.78, 5) is 4.17. The third-order valence-electron chi connectivity index (χ3n) is 2.31.